The average molecular weight is 319 g/mol. The third-order valence-corrected chi connectivity index (χ3v) is 4.25. The van der Waals surface area contributed by atoms with Gasteiger partial charge in [-0.25, -0.2) is 4.98 Å². The maximum atomic E-state index is 5.94. The number of pyridine rings is 1. The molecule has 1 aliphatic heterocycles. The lowest BCUT2D eigenvalue weighted by molar-refractivity contribution is 1.20. The van der Waals surface area contributed by atoms with E-state index in [1.807, 2.05) is 30.5 Å². The molecular weight excluding hydrogens is 304 g/mol. The summed E-state index contributed by atoms with van der Waals surface area (Å²) in [6.45, 7) is 0.842. The predicted octanol–water partition coefficient (Wildman–Crippen LogP) is 5.51. The molecule has 3 heteroatoms. The van der Waals surface area contributed by atoms with Crippen LogP contribution in [0.5, 0.6) is 0 Å². The van der Waals surface area contributed by atoms with Crippen LogP contribution in [0.15, 0.2) is 66.9 Å². The number of anilines is 1. The number of halogens is 1. The van der Waals surface area contributed by atoms with E-state index in [2.05, 4.69) is 52.8 Å². The number of nitrogens with one attached hydrogen (secondary N) is 1. The molecule has 0 spiro atoms. The van der Waals surface area contributed by atoms with Crippen molar-refractivity contribution in [2.75, 3.05) is 11.9 Å². The molecule has 0 bridgehead atoms. The van der Waals surface area contributed by atoms with Crippen molar-refractivity contribution in [3.05, 3.63) is 77.5 Å². The zero-order valence-electron chi connectivity index (χ0n) is 12.5. The summed E-state index contributed by atoms with van der Waals surface area (Å²) in [5.74, 6) is 0.953. The standard InChI is InChI=1S/C20H15ClN2/c21-19-9-7-15(8-10-19)14-3-5-16(6-4-14)18-12-17-2-1-11-22-20(17)23-13-18/h1-10,12-13H,11H2,(H,22,23). The topological polar surface area (TPSA) is 24.9 Å². The molecule has 0 unspecified atom stereocenters. The van der Waals surface area contributed by atoms with Crippen molar-refractivity contribution in [3.8, 4) is 22.3 Å². The molecule has 1 N–H and O–H groups in total. The number of hydrogen-bond acceptors (Lipinski definition) is 2. The monoisotopic (exact) mass is 318 g/mol. The summed E-state index contributed by atoms with van der Waals surface area (Å²) in [5.41, 5.74) is 5.77. The Balaban J connectivity index is 1.66. The van der Waals surface area contributed by atoms with Crippen LogP contribution in [0.1, 0.15) is 5.56 Å². The smallest absolute Gasteiger partial charge is 0.133 e. The van der Waals surface area contributed by atoms with E-state index in [0.29, 0.717) is 0 Å². The van der Waals surface area contributed by atoms with Gasteiger partial charge in [-0.15, -0.1) is 0 Å². The van der Waals surface area contributed by atoms with Crippen molar-refractivity contribution in [2.24, 2.45) is 0 Å². The van der Waals surface area contributed by atoms with Gasteiger partial charge in [-0.1, -0.05) is 60.2 Å². The van der Waals surface area contributed by atoms with E-state index >= 15 is 0 Å². The summed E-state index contributed by atoms with van der Waals surface area (Å²) in [6, 6.07) is 18.6. The zero-order chi connectivity index (χ0) is 15.6. The molecule has 0 amide bonds. The van der Waals surface area contributed by atoms with E-state index in [9.17, 15) is 0 Å². The first-order valence-corrected chi connectivity index (χ1v) is 7.94. The minimum Gasteiger partial charge on any atom is -0.366 e. The molecular formula is C20H15ClN2. The van der Waals surface area contributed by atoms with Crippen molar-refractivity contribution in [1.29, 1.82) is 0 Å². The normalized spacial score (nSPS) is 12.6. The molecule has 23 heavy (non-hydrogen) atoms. The Labute approximate surface area is 140 Å². The quantitative estimate of drug-likeness (QED) is 0.674. The van der Waals surface area contributed by atoms with Crippen LogP contribution in [-0.2, 0) is 0 Å². The molecule has 2 aromatic carbocycles. The Morgan fingerprint density at radius 2 is 1.43 bits per heavy atom. The van der Waals surface area contributed by atoms with Gasteiger partial charge in [-0.2, -0.15) is 0 Å². The summed E-state index contributed by atoms with van der Waals surface area (Å²) in [5, 5.41) is 4.02. The molecule has 0 saturated carbocycles. The second-order valence-electron chi connectivity index (χ2n) is 5.53. The van der Waals surface area contributed by atoms with Crippen LogP contribution in [0.2, 0.25) is 5.02 Å². The number of benzene rings is 2. The zero-order valence-corrected chi connectivity index (χ0v) is 13.2. The number of rotatable bonds is 2. The first-order chi connectivity index (χ1) is 11.3. The van der Waals surface area contributed by atoms with E-state index in [4.69, 9.17) is 11.6 Å². The van der Waals surface area contributed by atoms with Crippen LogP contribution in [0.25, 0.3) is 28.3 Å². The van der Waals surface area contributed by atoms with Crippen LogP contribution in [0, 0.1) is 0 Å². The minimum atomic E-state index is 0.757. The maximum absolute atomic E-state index is 5.94. The second-order valence-corrected chi connectivity index (χ2v) is 5.97. The van der Waals surface area contributed by atoms with Gasteiger partial charge in [0.2, 0.25) is 0 Å². The van der Waals surface area contributed by atoms with Gasteiger partial charge in [0.05, 0.1) is 0 Å². The van der Waals surface area contributed by atoms with E-state index in [0.717, 1.165) is 39.6 Å². The van der Waals surface area contributed by atoms with Crippen LogP contribution >= 0.6 is 11.6 Å². The van der Waals surface area contributed by atoms with Gasteiger partial charge in [-0.3, -0.25) is 0 Å². The van der Waals surface area contributed by atoms with Crippen molar-refractivity contribution in [2.45, 2.75) is 0 Å². The molecule has 0 radical (unpaired) electrons. The lowest BCUT2D eigenvalue weighted by atomic mass is 10.00. The largest absolute Gasteiger partial charge is 0.366 e. The minimum absolute atomic E-state index is 0.757. The van der Waals surface area contributed by atoms with Crippen LogP contribution in [-0.4, -0.2) is 11.5 Å². The van der Waals surface area contributed by atoms with E-state index in [-0.39, 0.29) is 0 Å². The highest BCUT2D eigenvalue weighted by atomic mass is 35.5. The fourth-order valence-electron chi connectivity index (χ4n) is 2.75. The Kier molecular flexibility index (Phi) is 3.60. The molecule has 0 aliphatic carbocycles. The van der Waals surface area contributed by atoms with Gasteiger partial charge in [-0.05, 0) is 34.9 Å². The fraction of sp³-hybridized carbons (Fsp3) is 0.0500. The SMILES string of the molecule is Clc1ccc(-c2ccc(-c3cnc4c(c3)C=CCN4)cc2)cc1. The van der Waals surface area contributed by atoms with Gasteiger partial charge >= 0.3 is 0 Å². The molecule has 2 nitrogen and oxygen atoms in total. The molecule has 4 rings (SSSR count). The second kappa shape index (κ2) is 5.90. The molecule has 112 valence electrons. The van der Waals surface area contributed by atoms with Gasteiger partial charge in [0.25, 0.3) is 0 Å². The van der Waals surface area contributed by atoms with Crippen molar-refractivity contribution in [1.82, 2.24) is 4.98 Å². The molecule has 0 fully saturated rings. The average Bonchev–Trinajstić information content (AvgIpc) is 2.62. The number of aromatic nitrogens is 1. The molecule has 1 aromatic heterocycles. The van der Waals surface area contributed by atoms with Crippen LogP contribution in [0.4, 0.5) is 5.82 Å². The van der Waals surface area contributed by atoms with Crippen LogP contribution < -0.4 is 5.32 Å². The summed E-state index contributed by atoms with van der Waals surface area (Å²) in [7, 11) is 0. The molecule has 2 heterocycles. The molecule has 0 saturated heterocycles. The fourth-order valence-corrected chi connectivity index (χ4v) is 2.88. The third-order valence-electron chi connectivity index (χ3n) is 4.00. The molecule has 0 atom stereocenters. The van der Waals surface area contributed by atoms with E-state index in [1.165, 1.54) is 5.56 Å². The Bertz CT molecular complexity index is 865. The Hall–Kier alpha value is -2.58. The highest BCUT2D eigenvalue weighted by Gasteiger charge is 2.07. The van der Waals surface area contributed by atoms with Gasteiger partial charge in [0.15, 0.2) is 0 Å². The Morgan fingerprint density at radius 1 is 0.826 bits per heavy atom. The maximum Gasteiger partial charge on any atom is 0.133 e. The highest BCUT2D eigenvalue weighted by Crippen LogP contribution is 2.28. The number of fused-ring (bicyclic) bond motifs is 1. The molecule has 1 aliphatic rings. The predicted molar refractivity (Wildman–Crippen MR) is 97.6 cm³/mol. The summed E-state index contributed by atoms with van der Waals surface area (Å²) >= 11 is 5.94. The first kappa shape index (κ1) is 14.0. The van der Waals surface area contributed by atoms with Gasteiger partial charge < -0.3 is 5.32 Å². The van der Waals surface area contributed by atoms with Crippen LogP contribution in [0.3, 0.4) is 0 Å². The summed E-state index contributed by atoms with van der Waals surface area (Å²) < 4.78 is 0. The summed E-state index contributed by atoms with van der Waals surface area (Å²) in [6.07, 6.45) is 6.14. The lowest BCUT2D eigenvalue weighted by Gasteiger charge is -2.13. The van der Waals surface area contributed by atoms with Crippen molar-refractivity contribution >= 4 is 23.5 Å². The third kappa shape index (κ3) is 2.86. The first-order valence-electron chi connectivity index (χ1n) is 7.56. The summed E-state index contributed by atoms with van der Waals surface area (Å²) in [4.78, 5) is 4.51. The lowest BCUT2D eigenvalue weighted by Crippen LogP contribution is -2.06. The van der Waals surface area contributed by atoms with Crippen molar-refractivity contribution < 1.29 is 0 Å². The highest BCUT2D eigenvalue weighted by molar-refractivity contribution is 6.30. The molecule has 3 aromatic rings. The van der Waals surface area contributed by atoms with E-state index in [1.54, 1.807) is 0 Å². The number of nitrogens with zero attached hydrogens (tertiary/aromatic N) is 1. The van der Waals surface area contributed by atoms with Gasteiger partial charge in [0, 0.05) is 28.9 Å². The van der Waals surface area contributed by atoms with Crippen molar-refractivity contribution in [3.63, 3.8) is 0 Å². The Morgan fingerprint density at radius 3 is 2.13 bits per heavy atom. The van der Waals surface area contributed by atoms with E-state index < -0.39 is 0 Å². The number of hydrogen-bond donors (Lipinski definition) is 1. The van der Waals surface area contributed by atoms with Gasteiger partial charge in [0.1, 0.15) is 5.82 Å².